The van der Waals surface area contributed by atoms with Crippen molar-refractivity contribution >= 4 is 5.78 Å². The Labute approximate surface area is 95.0 Å². The lowest BCUT2D eigenvalue weighted by Gasteiger charge is -2.22. The van der Waals surface area contributed by atoms with Crippen LogP contribution in [0.4, 0.5) is 0 Å². The molecule has 0 spiro atoms. The summed E-state index contributed by atoms with van der Waals surface area (Å²) < 4.78 is 0. The smallest absolute Gasteiger partial charge is 0.137 e. The number of allylic oxidation sites excluding steroid dienone is 2. The molecule has 88 valence electrons. The van der Waals surface area contributed by atoms with Crippen LogP contribution in [0, 0.1) is 11.3 Å². The molecule has 1 unspecified atom stereocenters. The number of carbonyl (C=O) groups is 1. The van der Waals surface area contributed by atoms with E-state index in [4.69, 9.17) is 0 Å². The third-order valence-electron chi connectivity index (χ3n) is 2.51. The Hall–Kier alpha value is -0.590. The van der Waals surface area contributed by atoms with Crippen LogP contribution in [-0.2, 0) is 4.79 Å². The van der Waals surface area contributed by atoms with E-state index in [1.165, 1.54) is 5.57 Å². The van der Waals surface area contributed by atoms with E-state index in [0.717, 1.165) is 12.8 Å². The fraction of sp³-hybridized carbons (Fsp3) is 0.786. The van der Waals surface area contributed by atoms with Crippen LogP contribution in [0.3, 0.4) is 0 Å². The first-order valence-corrected chi connectivity index (χ1v) is 5.88. The predicted octanol–water partition coefficient (Wildman–Crippen LogP) is 4.37. The minimum atomic E-state index is 0.329. The van der Waals surface area contributed by atoms with E-state index in [1.54, 1.807) is 0 Å². The summed E-state index contributed by atoms with van der Waals surface area (Å²) in [6, 6.07) is 0. The fourth-order valence-electron chi connectivity index (χ4n) is 1.99. The highest BCUT2D eigenvalue weighted by atomic mass is 16.1. The van der Waals surface area contributed by atoms with Crippen molar-refractivity contribution < 1.29 is 4.79 Å². The highest BCUT2D eigenvalue weighted by Crippen LogP contribution is 2.26. The first-order chi connectivity index (χ1) is 6.74. The second-order valence-corrected chi connectivity index (χ2v) is 5.92. The van der Waals surface area contributed by atoms with Crippen molar-refractivity contribution in [1.82, 2.24) is 0 Å². The maximum Gasteiger partial charge on any atom is 0.137 e. The molecule has 0 N–H and O–H groups in total. The van der Waals surface area contributed by atoms with E-state index in [-0.39, 0.29) is 0 Å². The van der Waals surface area contributed by atoms with Crippen molar-refractivity contribution in [2.45, 2.75) is 60.8 Å². The molecular weight excluding hydrogens is 184 g/mol. The molecular formula is C14H26O. The van der Waals surface area contributed by atoms with Crippen LogP contribution in [0.25, 0.3) is 0 Å². The fourth-order valence-corrected chi connectivity index (χ4v) is 1.99. The lowest BCUT2D eigenvalue weighted by atomic mass is 9.83. The summed E-state index contributed by atoms with van der Waals surface area (Å²) in [7, 11) is 0. The summed E-state index contributed by atoms with van der Waals surface area (Å²) in [6.45, 7) is 12.9. The van der Waals surface area contributed by atoms with Gasteiger partial charge in [0.15, 0.2) is 0 Å². The molecule has 1 atom stereocenters. The van der Waals surface area contributed by atoms with Gasteiger partial charge in [-0.15, -0.1) is 0 Å². The average molecular weight is 210 g/mol. The van der Waals surface area contributed by atoms with Crippen LogP contribution in [0.2, 0.25) is 0 Å². The zero-order valence-electron chi connectivity index (χ0n) is 11.2. The van der Waals surface area contributed by atoms with Crippen molar-refractivity contribution in [3.8, 4) is 0 Å². The van der Waals surface area contributed by atoms with Gasteiger partial charge in [-0.05, 0) is 31.6 Å². The van der Waals surface area contributed by atoms with Gasteiger partial charge in [0.05, 0.1) is 0 Å². The Bertz CT molecular complexity index is 230. The van der Waals surface area contributed by atoms with Gasteiger partial charge in [-0.25, -0.2) is 0 Å². The molecule has 0 aromatic rings. The largest absolute Gasteiger partial charge is 0.299 e. The zero-order valence-corrected chi connectivity index (χ0v) is 11.2. The van der Waals surface area contributed by atoms with Crippen LogP contribution < -0.4 is 0 Å². The van der Waals surface area contributed by atoms with Gasteiger partial charge in [0.25, 0.3) is 0 Å². The Morgan fingerprint density at radius 1 is 1.33 bits per heavy atom. The molecule has 0 aliphatic rings. The van der Waals surface area contributed by atoms with Gasteiger partial charge in [-0.2, -0.15) is 0 Å². The molecule has 0 aromatic heterocycles. The van der Waals surface area contributed by atoms with Gasteiger partial charge in [0.2, 0.25) is 0 Å². The first kappa shape index (κ1) is 14.4. The van der Waals surface area contributed by atoms with Crippen molar-refractivity contribution in [1.29, 1.82) is 0 Å². The van der Waals surface area contributed by atoms with Crippen LogP contribution in [0.15, 0.2) is 11.6 Å². The van der Waals surface area contributed by atoms with E-state index < -0.39 is 0 Å². The minimum absolute atomic E-state index is 0.329. The van der Waals surface area contributed by atoms with E-state index in [2.05, 4.69) is 27.7 Å². The van der Waals surface area contributed by atoms with Gasteiger partial charge in [0.1, 0.15) is 5.78 Å². The van der Waals surface area contributed by atoms with Gasteiger partial charge >= 0.3 is 0 Å². The molecule has 0 rings (SSSR count). The summed E-state index contributed by atoms with van der Waals surface area (Å²) in [5.41, 5.74) is 1.51. The molecule has 0 heterocycles. The second-order valence-electron chi connectivity index (χ2n) is 5.92. The van der Waals surface area contributed by atoms with Crippen LogP contribution in [0.1, 0.15) is 60.8 Å². The molecule has 0 radical (unpaired) electrons. The summed E-state index contributed by atoms with van der Waals surface area (Å²) >= 11 is 0. The Kier molecular flexibility index (Phi) is 5.85. The Morgan fingerprint density at radius 3 is 2.27 bits per heavy atom. The quantitative estimate of drug-likeness (QED) is 0.616. The number of hydrogen-bond acceptors (Lipinski definition) is 1. The van der Waals surface area contributed by atoms with Crippen molar-refractivity contribution in [2.75, 3.05) is 0 Å². The third-order valence-corrected chi connectivity index (χ3v) is 2.51. The zero-order chi connectivity index (χ0) is 12.1. The molecule has 0 bridgehead atoms. The maximum absolute atomic E-state index is 11.7. The van der Waals surface area contributed by atoms with Gasteiger partial charge < -0.3 is 0 Å². The topological polar surface area (TPSA) is 17.1 Å². The monoisotopic (exact) mass is 210 g/mol. The SMILES string of the molecule is CC=C(C)CC(=O)CC(C)CC(C)(C)C. The van der Waals surface area contributed by atoms with Gasteiger partial charge in [0, 0.05) is 12.8 Å². The van der Waals surface area contributed by atoms with Gasteiger partial charge in [-0.3, -0.25) is 4.79 Å². The van der Waals surface area contributed by atoms with Gasteiger partial charge in [-0.1, -0.05) is 39.3 Å². The number of Topliss-reactive ketones (excluding diaryl/α,β-unsaturated/α-hetero) is 1. The normalized spacial score (nSPS) is 15.2. The molecule has 0 aliphatic heterocycles. The predicted molar refractivity (Wildman–Crippen MR) is 66.9 cm³/mol. The van der Waals surface area contributed by atoms with E-state index >= 15 is 0 Å². The molecule has 0 saturated heterocycles. The molecule has 0 saturated carbocycles. The molecule has 0 amide bonds. The number of ketones is 1. The second kappa shape index (κ2) is 6.09. The third kappa shape index (κ3) is 8.41. The first-order valence-electron chi connectivity index (χ1n) is 5.88. The lowest BCUT2D eigenvalue weighted by Crippen LogP contribution is -2.14. The van der Waals surface area contributed by atoms with Crippen molar-refractivity contribution in [3.63, 3.8) is 0 Å². The van der Waals surface area contributed by atoms with Crippen molar-refractivity contribution in [3.05, 3.63) is 11.6 Å². The molecule has 15 heavy (non-hydrogen) atoms. The maximum atomic E-state index is 11.7. The number of carbonyl (C=O) groups excluding carboxylic acids is 1. The van der Waals surface area contributed by atoms with Crippen LogP contribution in [0.5, 0.6) is 0 Å². The number of rotatable bonds is 5. The highest BCUT2D eigenvalue weighted by Gasteiger charge is 2.17. The molecule has 0 aliphatic carbocycles. The number of hydrogen-bond donors (Lipinski definition) is 0. The summed E-state index contributed by atoms with van der Waals surface area (Å²) in [5, 5.41) is 0. The standard InChI is InChI=1S/C14H26O/c1-7-11(2)8-13(15)9-12(3)10-14(4,5)6/h7,12H,8-10H2,1-6H3. The van der Waals surface area contributed by atoms with Crippen LogP contribution >= 0.6 is 0 Å². The summed E-state index contributed by atoms with van der Waals surface area (Å²) in [4.78, 5) is 11.7. The molecule has 0 fully saturated rings. The minimum Gasteiger partial charge on any atom is -0.299 e. The lowest BCUT2D eigenvalue weighted by molar-refractivity contribution is -0.119. The van der Waals surface area contributed by atoms with E-state index in [9.17, 15) is 4.79 Å². The van der Waals surface area contributed by atoms with E-state index in [0.29, 0.717) is 23.5 Å². The molecule has 1 heteroatoms. The highest BCUT2D eigenvalue weighted by molar-refractivity contribution is 5.80. The Morgan fingerprint density at radius 2 is 1.87 bits per heavy atom. The summed E-state index contributed by atoms with van der Waals surface area (Å²) in [6.07, 6.45) is 4.49. The summed E-state index contributed by atoms with van der Waals surface area (Å²) in [5.74, 6) is 0.879. The van der Waals surface area contributed by atoms with E-state index in [1.807, 2.05) is 19.9 Å². The van der Waals surface area contributed by atoms with Crippen molar-refractivity contribution in [2.24, 2.45) is 11.3 Å². The molecule has 0 aromatic carbocycles. The average Bonchev–Trinajstić information content (AvgIpc) is 1.99. The molecule has 1 nitrogen and oxygen atoms in total. The van der Waals surface area contributed by atoms with Crippen LogP contribution in [-0.4, -0.2) is 5.78 Å². The Balaban J connectivity index is 3.97.